The first kappa shape index (κ1) is 11.9. The van der Waals surface area contributed by atoms with Crippen molar-refractivity contribution in [3.8, 4) is 0 Å². The SMILES string of the molecule is Nc1ncc(CCC(=O)Nc2[nH]ncc2Cl)s1. The van der Waals surface area contributed by atoms with Crippen molar-refractivity contribution in [3.63, 3.8) is 0 Å². The minimum Gasteiger partial charge on any atom is -0.375 e. The zero-order valence-electron chi connectivity index (χ0n) is 8.74. The highest BCUT2D eigenvalue weighted by Gasteiger charge is 2.08. The minimum atomic E-state index is -0.136. The number of aromatic nitrogens is 3. The molecule has 1 amide bonds. The van der Waals surface area contributed by atoms with Crippen LogP contribution in [-0.2, 0) is 11.2 Å². The number of nitrogen functional groups attached to an aromatic ring is 1. The summed E-state index contributed by atoms with van der Waals surface area (Å²) in [6.07, 6.45) is 4.06. The summed E-state index contributed by atoms with van der Waals surface area (Å²) >= 11 is 7.15. The maximum atomic E-state index is 11.6. The van der Waals surface area contributed by atoms with Crippen LogP contribution in [0.25, 0.3) is 0 Å². The summed E-state index contributed by atoms with van der Waals surface area (Å²) in [5.41, 5.74) is 5.49. The van der Waals surface area contributed by atoms with Crippen LogP contribution >= 0.6 is 22.9 Å². The molecule has 8 heteroatoms. The Bertz CT molecular complexity index is 523. The van der Waals surface area contributed by atoms with E-state index in [0.717, 1.165) is 4.88 Å². The number of carbonyl (C=O) groups is 1. The molecule has 6 nitrogen and oxygen atoms in total. The molecule has 0 aromatic carbocycles. The van der Waals surface area contributed by atoms with E-state index in [1.807, 2.05) is 0 Å². The van der Waals surface area contributed by atoms with Gasteiger partial charge in [-0.15, -0.1) is 11.3 Å². The second-order valence-electron chi connectivity index (χ2n) is 3.31. The van der Waals surface area contributed by atoms with Gasteiger partial charge in [0.05, 0.1) is 6.20 Å². The van der Waals surface area contributed by atoms with Gasteiger partial charge in [-0.25, -0.2) is 4.98 Å². The largest absolute Gasteiger partial charge is 0.375 e. The van der Waals surface area contributed by atoms with E-state index in [1.54, 1.807) is 6.20 Å². The molecule has 0 fully saturated rings. The lowest BCUT2D eigenvalue weighted by atomic mass is 10.3. The number of thiazole rings is 1. The first-order valence-electron chi connectivity index (χ1n) is 4.84. The Morgan fingerprint density at radius 3 is 3.00 bits per heavy atom. The summed E-state index contributed by atoms with van der Waals surface area (Å²) in [6, 6.07) is 0. The lowest BCUT2D eigenvalue weighted by Crippen LogP contribution is -2.12. The molecule has 2 rings (SSSR count). The molecule has 2 heterocycles. The standard InChI is InChI=1S/C9H10ClN5OS/c10-6-4-13-15-8(6)14-7(16)2-1-5-3-12-9(11)17-5/h3-4H,1-2H2,(H2,11,12)(H2,13,14,15,16). The van der Waals surface area contributed by atoms with E-state index >= 15 is 0 Å². The van der Waals surface area contributed by atoms with E-state index in [-0.39, 0.29) is 5.91 Å². The van der Waals surface area contributed by atoms with Crippen LogP contribution in [0, 0.1) is 0 Å². The van der Waals surface area contributed by atoms with Gasteiger partial charge in [0, 0.05) is 17.5 Å². The fourth-order valence-electron chi connectivity index (χ4n) is 1.24. The number of nitrogens with one attached hydrogen (secondary N) is 2. The average Bonchev–Trinajstić information content (AvgIpc) is 2.86. The molecule has 2 aromatic rings. The van der Waals surface area contributed by atoms with Crippen LogP contribution in [0.4, 0.5) is 10.9 Å². The highest BCUT2D eigenvalue weighted by Crippen LogP contribution is 2.18. The second-order valence-corrected chi connectivity index (χ2v) is 4.86. The minimum absolute atomic E-state index is 0.136. The average molecular weight is 272 g/mol. The van der Waals surface area contributed by atoms with Crippen molar-refractivity contribution in [3.05, 3.63) is 22.3 Å². The number of carbonyl (C=O) groups excluding carboxylic acids is 1. The number of nitrogens with two attached hydrogens (primary N) is 1. The number of amides is 1. The molecule has 0 bridgehead atoms. The van der Waals surface area contributed by atoms with Crippen molar-refractivity contribution in [1.29, 1.82) is 0 Å². The summed E-state index contributed by atoms with van der Waals surface area (Å²) in [7, 11) is 0. The monoisotopic (exact) mass is 271 g/mol. The number of hydrogen-bond acceptors (Lipinski definition) is 5. The molecule has 0 saturated carbocycles. The van der Waals surface area contributed by atoms with Gasteiger partial charge in [0.15, 0.2) is 5.13 Å². The first-order chi connectivity index (χ1) is 8.15. The van der Waals surface area contributed by atoms with Crippen molar-refractivity contribution in [2.75, 3.05) is 11.1 Å². The van der Waals surface area contributed by atoms with Crippen LogP contribution in [0.1, 0.15) is 11.3 Å². The summed E-state index contributed by atoms with van der Waals surface area (Å²) in [5, 5.41) is 9.83. The number of rotatable bonds is 4. The molecule has 0 atom stereocenters. The van der Waals surface area contributed by atoms with E-state index in [0.29, 0.717) is 28.8 Å². The lowest BCUT2D eigenvalue weighted by molar-refractivity contribution is -0.116. The molecular formula is C9H10ClN5OS. The smallest absolute Gasteiger partial charge is 0.225 e. The van der Waals surface area contributed by atoms with Crippen LogP contribution in [-0.4, -0.2) is 21.1 Å². The Kier molecular flexibility index (Phi) is 3.60. The van der Waals surface area contributed by atoms with Gasteiger partial charge < -0.3 is 11.1 Å². The maximum absolute atomic E-state index is 11.6. The van der Waals surface area contributed by atoms with E-state index < -0.39 is 0 Å². The zero-order valence-corrected chi connectivity index (χ0v) is 10.3. The Balaban J connectivity index is 1.84. The van der Waals surface area contributed by atoms with Crippen LogP contribution in [0.15, 0.2) is 12.4 Å². The quantitative estimate of drug-likeness (QED) is 0.788. The van der Waals surface area contributed by atoms with E-state index in [4.69, 9.17) is 17.3 Å². The third-order valence-electron chi connectivity index (χ3n) is 2.03. The Morgan fingerprint density at radius 1 is 1.59 bits per heavy atom. The van der Waals surface area contributed by atoms with Crippen LogP contribution < -0.4 is 11.1 Å². The second kappa shape index (κ2) is 5.15. The van der Waals surface area contributed by atoms with Crippen LogP contribution in [0.2, 0.25) is 5.02 Å². The molecule has 0 aliphatic rings. The number of halogens is 1. The molecule has 0 radical (unpaired) electrons. The zero-order chi connectivity index (χ0) is 12.3. The van der Waals surface area contributed by atoms with Gasteiger partial charge in [-0.1, -0.05) is 11.6 Å². The van der Waals surface area contributed by atoms with Gasteiger partial charge >= 0.3 is 0 Å². The molecule has 0 aliphatic heterocycles. The summed E-state index contributed by atoms with van der Waals surface area (Å²) in [6.45, 7) is 0. The fraction of sp³-hybridized carbons (Fsp3) is 0.222. The number of anilines is 2. The Labute approximate surface area is 106 Å². The maximum Gasteiger partial charge on any atom is 0.225 e. The molecule has 2 aromatic heterocycles. The number of nitrogens with zero attached hydrogens (tertiary/aromatic N) is 2. The summed E-state index contributed by atoms with van der Waals surface area (Å²) < 4.78 is 0. The normalized spacial score (nSPS) is 10.4. The Hall–Kier alpha value is -1.60. The number of hydrogen-bond donors (Lipinski definition) is 3. The molecule has 0 aliphatic carbocycles. The van der Waals surface area contributed by atoms with E-state index in [9.17, 15) is 4.79 Å². The molecule has 90 valence electrons. The van der Waals surface area contributed by atoms with Crippen molar-refractivity contribution >= 4 is 39.8 Å². The van der Waals surface area contributed by atoms with Crippen molar-refractivity contribution < 1.29 is 4.79 Å². The molecule has 0 unspecified atom stereocenters. The van der Waals surface area contributed by atoms with Gasteiger partial charge in [0.25, 0.3) is 0 Å². The number of H-pyrrole nitrogens is 1. The molecule has 0 saturated heterocycles. The molecule has 17 heavy (non-hydrogen) atoms. The predicted octanol–water partition coefficient (Wildman–Crippen LogP) is 1.67. The van der Waals surface area contributed by atoms with Crippen molar-refractivity contribution in [1.82, 2.24) is 15.2 Å². The van der Waals surface area contributed by atoms with Crippen molar-refractivity contribution in [2.24, 2.45) is 0 Å². The van der Waals surface area contributed by atoms with Gasteiger partial charge in [0.2, 0.25) is 5.91 Å². The number of aromatic amines is 1. The summed E-state index contributed by atoms with van der Waals surface area (Å²) in [4.78, 5) is 16.5. The van der Waals surface area contributed by atoms with Crippen LogP contribution in [0.3, 0.4) is 0 Å². The van der Waals surface area contributed by atoms with Crippen LogP contribution in [0.5, 0.6) is 0 Å². The third kappa shape index (κ3) is 3.18. The Morgan fingerprint density at radius 2 is 2.41 bits per heavy atom. The molecule has 4 N–H and O–H groups in total. The summed E-state index contributed by atoms with van der Waals surface area (Å²) in [5.74, 6) is 0.281. The van der Waals surface area contributed by atoms with Gasteiger partial charge in [-0.3, -0.25) is 9.89 Å². The third-order valence-corrected chi connectivity index (χ3v) is 3.20. The predicted molar refractivity (Wildman–Crippen MR) is 67.1 cm³/mol. The van der Waals surface area contributed by atoms with Gasteiger partial charge in [0.1, 0.15) is 10.8 Å². The topological polar surface area (TPSA) is 96.7 Å². The fourth-order valence-corrected chi connectivity index (χ4v) is 2.06. The molecular weight excluding hydrogens is 262 g/mol. The first-order valence-corrected chi connectivity index (χ1v) is 6.03. The van der Waals surface area contributed by atoms with Crippen molar-refractivity contribution in [2.45, 2.75) is 12.8 Å². The van der Waals surface area contributed by atoms with E-state index in [1.165, 1.54) is 17.5 Å². The van der Waals surface area contributed by atoms with Gasteiger partial charge in [-0.05, 0) is 6.42 Å². The molecule has 0 spiro atoms. The van der Waals surface area contributed by atoms with E-state index in [2.05, 4.69) is 20.5 Å². The van der Waals surface area contributed by atoms with Gasteiger partial charge in [-0.2, -0.15) is 5.10 Å². The number of aryl methyl sites for hydroxylation is 1. The highest BCUT2D eigenvalue weighted by molar-refractivity contribution is 7.15. The lowest BCUT2D eigenvalue weighted by Gasteiger charge is -2.01. The highest BCUT2D eigenvalue weighted by atomic mass is 35.5.